The van der Waals surface area contributed by atoms with Gasteiger partial charge >= 0.3 is 0 Å². The Morgan fingerprint density at radius 3 is 2.55 bits per heavy atom. The summed E-state index contributed by atoms with van der Waals surface area (Å²) in [5, 5.41) is 0. The number of quaternary nitrogens is 1. The highest BCUT2D eigenvalue weighted by Gasteiger charge is 2.22. The van der Waals surface area contributed by atoms with Gasteiger partial charge in [0.2, 0.25) is 5.91 Å². The van der Waals surface area contributed by atoms with Gasteiger partial charge < -0.3 is 19.3 Å². The number of hydrogen-bond donors (Lipinski definition) is 1. The number of hydrogen-bond acceptors (Lipinski definition) is 3. The van der Waals surface area contributed by atoms with E-state index in [1.807, 2.05) is 35.2 Å². The normalized spacial score (nSPS) is 14.9. The van der Waals surface area contributed by atoms with Gasteiger partial charge in [0, 0.05) is 11.6 Å². The third-order valence-electron chi connectivity index (χ3n) is 5.15. The molecule has 0 saturated carbocycles. The number of methoxy groups -OCH3 is 1. The minimum atomic E-state index is 0.0639. The lowest BCUT2D eigenvalue weighted by molar-refractivity contribution is -0.917. The number of amides is 1. The Morgan fingerprint density at radius 2 is 1.86 bits per heavy atom. The summed E-state index contributed by atoms with van der Waals surface area (Å²) >= 11 is 0. The molecule has 0 aromatic heterocycles. The largest absolute Gasteiger partial charge is 0.493 e. The van der Waals surface area contributed by atoms with Gasteiger partial charge in [-0.1, -0.05) is 43.3 Å². The third-order valence-corrected chi connectivity index (χ3v) is 5.15. The molecule has 0 unspecified atom stereocenters. The molecule has 1 heterocycles. The van der Waals surface area contributed by atoms with Crippen LogP contribution in [0.25, 0.3) is 6.08 Å². The Hall–Kier alpha value is -2.79. The molecule has 0 spiro atoms. The number of benzene rings is 2. The Morgan fingerprint density at radius 1 is 1.10 bits per heavy atom. The first-order valence-corrected chi connectivity index (χ1v) is 10.3. The van der Waals surface area contributed by atoms with Crippen molar-refractivity contribution >= 4 is 12.0 Å². The fourth-order valence-electron chi connectivity index (χ4n) is 3.50. The number of ether oxygens (including phenoxy) is 2. The van der Waals surface area contributed by atoms with E-state index in [4.69, 9.17) is 9.47 Å². The van der Waals surface area contributed by atoms with E-state index in [1.165, 1.54) is 10.5 Å². The van der Waals surface area contributed by atoms with Gasteiger partial charge in [-0.2, -0.15) is 0 Å². The molecule has 5 nitrogen and oxygen atoms in total. The average molecular weight is 396 g/mol. The smallest absolute Gasteiger partial charge is 0.246 e. The molecule has 2 aromatic carbocycles. The van der Waals surface area contributed by atoms with Crippen molar-refractivity contribution in [3.63, 3.8) is 0 Å². The van der Waals surface area contributed by atoms with Crippen LogP contribution in [0.1, 0.15) is 24.5 Å². The number of nitrogens with one attached hydrogen (secondary N) is 1. The van der Waals surface area contributed by atoms with Crippen molar-refractivity contribution in [2.24, 2.45) is 0 Å². The predicted octanol–water partition coefficient (Wildman–Crippen LogP) is 2.42. The molecular weight excluding hydrogens is 364 g/mol. The monoisotopic (exact) mass is 395 g/mol. The summed E-state index contributed by atoms with van der Waals surface area (Å²) in [5.41, 5.74) is 2.27. The van der Waals surface area contributed by atoms with Crippen molar-refractivity contribution in [1.82, 2.24) is 4.90 Å². The van der Waals surface area contributed by atoms with E-state index in [2.05, 4.69) is 31.2 Å². The van der Waals surface area contributed by atoms with Crippen LogP contribution in [0.4, 0.5) is 0 Å². The van der Waals surface area contributed by atoms with Gasteiger partial charge in [-0.05, 0) is 30.2 Å². The van der Waals surface area contributed by atoms with Crippen molar-refractivity contribution in [2.45, 2.75) is 19.9 Å². The van der Waals surface area contributed by atoms with Gasteiger partial charge in [-0.25, -0.2) is 0 Å². The van der Waals surface area contributed by atoms with Crippen LogP contribution in [0.3, 0.4) is 0 Å². The molecule has 0 radical (unpaired) electrons. The lowest BCUT2D eigenvalue weighted by atomic mass is 10.1. The highest BCUT2D eigenvalue weighted by molar-refractivity contribution is 5.91. The standard InChI is InChI=1S/C24H30N2O3/c1-3-17-29-22-11-9-20(18-23(22)28-2)10-12-24(27)26-15-13-25(14-16-26)19-21-7-5-4-6-8-21/h4-12,18H,3,13-17,19H2,1-2H3/p+1/b12-10+. The number of carbonyl (C=O) groups excluding carboxylic acids is 1. The lowest BCUT2D eigenvalue weighted by Crippen LogP contribution is -3.13. The lowest BCUT2D eigenvalue weighted by Gasteiger charge is -2.31. The van der Waals surface area contributed by atoms with E-state index < -0.39 is 0 Å². The highest BCUT2D eigenvalue weighted by Crippen LogP contribution is 2.28. The molecule has 1 aliphatic heterocycles. The van der Waals surface area contributed by atoms with Crippen molar-refractivity contribution in [3.8, 4) is 11.5 Å². The second-order valence-electron chi connectivity index (χ2n) is 7.33. The summed E-state index contributed by atoms with van der Waals surface area (Å²) in [4.78, 5) is 16.0. The first-order chi connectivity index (χ1) is 14.2. The number of nitrogens with zero attached hydrogens (tertiary/aromatic N) is 1. The topological polar surface area (TPSA) is 43.2 Å². The second kappa shape index (κ2) is 10.7. The zero-order chi connectivity index (χ0) is 20.5. The Labute approximate surface area is 173 Å². The van der Waals surface area contributed by atoms with Crippen LogP contribution in [0.15, 0.2) is 54.6 Å². The number of piperazine rings is 1. The fraction of sp³-hybridized carbons (Fsp3) is 0.375. The van der Waals surface area contributed by atoms with Gasteiger partial charge in [0.25, 0.3) is 0 Å². The first-order valence-electron chi connectivity index (χ1n) is 10.3. The quantitative estimate of drug-likeness (QED) is 0.698. The molecule has 1 fully saturated rings. The summed E-state index contributed by atoms with van der Waals surface area (Å²) < 4.78 is 11.1. The van der Waals surface area contributed by atoms with E-state index in [1.54, 1.807) is 13.2 Å². The molecule has 1 saturated heterocycles. The van der Waals surface area contributed by atoms with E-state index >= 15 is 0 Å². The van der Waals surface area contributed by atoms with Crippen LogP contribution >= 0.6 is 0 Å². The molecule has 1 aliphatic rings. The second-order valence-corrected chi connectivity index (χ2v) is 7.33. The van der Waals surface area contributed by atoms with Crippen LogP contribution in [-0.2, 0) is 11.3 Å². The SMILES string of the molecule is CCCOc1ccc(/C=C/C(=O)N2CC[NH+](Cc3ccccc3)CC2)cc1OC. The minimum Gasteiger partial charge on any atom is -0.493 e. The van der Waals surface area contributed by atoms with Gasteiger partial charge in [-0.15, -0.1) is 0 Å². The van der Waals surface area contributed by atoms with Crippen molar-refractivity contribution < 1.29 is 19.2 Å². The van der Waals surface area contributed by atoms with Crippen molar-refractivity contribution in [1.29, 1.82) is 0 Å². The van der Waals surface area contributed by atoms with Gasteiger partial charge in [0.05, 0.1) is 39.9 Å². The van der Waals surface area contributed by atoms with Crippen LogP contribution in [-0.4, -0.2) is 50.7 Å². The number of rotatable bonds is 8. The van der Waals surface area contributed by atoms with Gasteiger partial charge in [0.15, 0.2) is 11.5 Å². The van der Waals surface area contributed by atoms with E-state index in [0.717, 1.165) is 50.5 Å². The first kappa shape index (κ1) is 20.9. The molecule has 1 amide bonds. The van der Waals surface area contributed by atoms with Crippen LogP contribution < -0.4 is 14.4 Å². The summed E-state index contributed by atoms with van der Waals surface area (Å²) in [7, 11) is 1.63. The zero-order valence-electron chi connectivity index (χ0n) is 17.4. The van der Waals surface area contributed by atoms with Crippen LogP contribution in [0.5, 0.6) is 11.5 Å². The van der Waals surface area contributed by atoms with Gasteiger partial charge in [-0.3, -0.25) is 4.79 Å². The molecule has 5 heteroatoms. The average Bonchev–Trinajstić information content (AvgIpc) is 2.77. The van der Waals surface area contributed by atoms with Crippen LogP contribution in [0, 0.1) is 0 Å². The molecule has 3 rings (SSSR count). The van der Waals surface area contributed by atoms with Crippen molar-refractivity contribution in [2.75, 3.05) is 39.9 Å². The molecular formula is C24H31N2O3+. The maximum atomic E-state index is 12.6. The summed E-state index contributed by atoms with van der Waals surface area (Å²) in [5.74, 6) is 1.48. The fourth-order valence-corrected chi connectivity index (χ4v) is 3.50. The number of carbonyl (C=O) groups is 1. The molecule has 154 valence electrons. The maximum Gasteiger partial charge on any atom is 0.246 e. The summed E-state index contributed by atoms with van der Waals surface area (Å²) in [6, 6.07) is 16.3. The van der Waals surface area contributed by atoms with E-state index in [9.17, 15) is 4.79 Å². The Bertz CT molecular complexity index is 812. The molecule has 0 atom stereocenters. The predicted molar refractivity (Wildman–Crippen MR) is 115 cm³/mol. The van der Waals surface area contributed by atoms with E-state index in [0.29, 0.717) is 12.4 Å². The zero-order valence-corrected chi connectivity index (χ0v) is 17.4. The molecule has 1 N–H and O–H groups in total. The Kier molecular flexibility index (Phi) is 7.70. The highest BCUT2D eigenvalue weighted by atomic mass is 16.5. The molecule has 29 heavy (non-hydrogen) atoms. The summed E-state index contributed by atoms with van der Waals surface area (Å²) in [6.07, 6.45) is 4.45. The minimum absolute atomic E-state index is 0.0639. The summed E-state index contributed by atoms with van der Waals surface area (Å²) in [6.45, 7) is 7.28. The van der Waals surface area contributed by atoms with Crippen molar-refractivity contribution in [3.05, 3.63) is 65.7 Å². The molecule has 2 aromatic rings. The van der Waals surface area contributed by atoms with Gasteiger partial charge in [0.1, 0.15) is 6.54 Å². The van der Waals surface area contributed by atoms with E-state index in [-0.39, 0.29) is 5.91 Å². The maximum absolute atomic E-state index is 12.6. The third kappa shape index (κ3) is 6.09. The Balaban J connectivity index is 1.52. The molecule has 0 bridgehead atoms. The molecule has 0 aliphatic carbocycles. The van der Waals surface area contributed by atoms with Crippen LogP contribution in [0.2, 0.25) is 0 Å².